The summed E-state index contributed by atoms with van der Waals surface area (Å²) in [5.74, 6) is 0. The van der Waals surface area contributed by atoms with Crippen LogP contribution in [0.25, 0.3) is 0 Å². The number of piperazine rings is 1. The van der Waals surface area contributed by atoms with Gasteiger partial charge in [0.1, 0.15) is 0 Å². The molecule has 90 valence electrons. The van der Waals surface area contributed by atoms with E-state index in [1.807, 2.05) is 12.1 Å². The molecule has 0 N–H and O–H groups in total. The highest BCUT2D eigenvalue weighted by Gasteiger charge is 2.17. The van der Waals surface area contributed by atoms with Gasteiger partial charge in [0.05, 0.1) is 22.3 Å². The predicted octanol–water partition coefficient (Wildman–Crippen LogP) is 2.35. The standard InChI is InChI=1S/C13H16ClN3/c1-2-16-5-7-17(8-6-16)13-4-3-11(10-15)9-12(13)14/h3-4,9H,2,5-8H2,1H3. The zero-order valence-electron chi connectivity index (χ0n) is 9.99. The Morgan fingerprint density at radius 1 is 1.29 bits per heavy atom. The van der Waals surface area contributed by atoms with Gasteiger partial charge in [-0.1, -0.05) is 18.5 Å². The van der Waals surface area contributed by atoms with Crippen LogP contribution in [0.15, 0.2) is 18.2 Å². The summed E-state index contributed by atoms with van der Waals surface area (Å²) in [6.45, 7) is 7.44. The molecule has 0 saturated carbocycles. The average Bonchev–Trinajstić information content (AvgIpc) is 2.39. The van der Waals surface area contributed by atoms with E-state index in [1.165, 1.54) is 0 Å². The Hall–Kier alpha value is -1.24. The number of nitriles is 1. The van der Waals surface area contributed by atoms with Crippen molar-refractivity contribution in [3.8, 4) is 6.07 Å². The zero-order chi connectivity index (χ0) is 12.3. The lowest BCUT2D eigenvalue weighted by Crippen LogP contribution is -2.46. The molecule has 0 atom stereocenters. The summed E-state index contributed by atoms with van der Waals surface area (Å²) in [4.78, 5) is 4.71. The summed E-state index contributed by atoms with van der Waals surface area (Å²) in [7, 11) is 0. The van der Waals surface area contributed by atoms with E-state index in [9.17, 15) is 0 Å². The normalized spacial score (nSPS) is 16.9. The lowest BCUT2D eigenvalue weighted by molar-refractivity contribution is 0.271. The van der Waals surface area contributed by atoms with Crippen molar-refractivity contribution in [1.82, 2.24) is 4.90 Å². The van der Waals surface area contributed by atoms with Gasteiger partial charge in [0.2, 0.25) is 0 Å². The quantitative estimate of drug-likeness (QED) is 0.806. The van der Waals surface area contributed by atoms with Crippen molar-refractivity contribution in [3.63, 3.8) is 0 Å². The van der Waals surface area contributed by atoms with E-state index in [1.54, 1.807) is 6.07 Å². The molecule has 1 fully saturated rings. The van der Waals surface area contributed by atoms with Crippen LogP contribution in [0.1, 0.15) is 12.5 Å². The predicted molar refractivity (Wildman–Crippen MR) is 70.5 cm³/mol. The van der Waals surface area contributed by atoms with Crippen LogP contribution in [0.4, 0.5) is 5.69 Å². The molecule has 1 saturated heterocycles. The molecule has 4 heteroatoms. The second-order valence-electron chi connectivity index (χ2n) is 4.20. The van der Waals surface area contributed by atoms with Gasteiger partial charge in [-0.15, -0.1) is 0 Å². The first kappa shape index (κ1) is 12.2. The number of nitrogens with zero attached hydrogens (tertiary/aromatic N) is 3. The van der Waals surface area contributed by atoms with Crippen LogP contribution in [0.3, 0.4) is 0 Å². The molecule has 17 heavy (non-hydrogen) atoms. The van der Waals surface area contributed by atoms with Crippen molar-refractivity contribution in [1.29, 1.82) is 5.26 Å². The van der Waals surface area contributed by atoms with Gasteiger partial charge in [-0.2, -0.15) is 5.26 Å². The molecule has 1 aromatic carbocycles. The molecule has 1 aliphatic rings. The van der Waals surface area contributed by atoms with Crippen LogP contribution >= 0.6 is 11.6 Å². The molecule has 1 heterocycles. The van der Waals surface area contributed by atoms with Crippen molar-refractivity contribution in [3.05, 3.63) is 28.8 Å². The van der Waals surface area contributed by atoms with E-state index in [0.29, 0.717) is 10.6 Å². The molecule has 0 aromatic heterocycles. The minimum atomic E-state index is 0.617. The van der Waals surface area contributed by atoms with Crippen LogP contribution < -0.4 is 4.90 Å². The number of benzene rings is 1. The summed E-state index contributed by atoms with van der Waals surface area (Å²) in [5, 5.41) is 9.48. The van der Waals surface area contributed by atoms with Crippen molar-refractivity contribution in [2.75, 3.05) is 37.6 Å². The van der Waals surface area contributed by atoms with Crippen molar-refractivity contribution in [2.24, 2.45) is 0 Å². The van der Waals surface area contributed by atoms with Crippen molar-refractivity contribution >= 4 is 17.3 Å². The van der Waals surface area contributed by atoms with Crippen LogP contribution in [0, 0.1) is 11.3 Å². The maximum atomic E-state index is 8.80. The molecule has 0 amide bonds. The highest BCUT2D eigenvalue weighted by Crippen LogP contribution is 2.27. The molecule has 0 unspecified atom stereocenters. The third kappa shape index (κ3) is 2.71. The topological polar surface area (TPSA) is 30.3 Å². The third-order valence-corrected chi connectivity index (χ3v) is 3.54. The molecule has 0 bridgehead atoms. The fourth-order valence-corrected chi connectivity index (χ4v) is 2.44. The number of hydrogen-bond donors (Lipinski definition) is 0. The Morgan fingerprint density at radius 3 is 2.53 bits per heavy atom. The summed E-state index contributed by atoms with van der Waals surface area (Å²) in [6, 6.07) is 7.62. The first-order valence-corrected chi connectivity index (χ1v) is 6.29. The summed E-state index contributed by atoms with van der Waals surface area (Å²) in [5.41, 5.74) is 1.66. The summed E-state index contributed by atoms with van der Waals surface area (Å²) in [6.07, 6.45) is 0. The first-order chi connectivity index (χ1) is 8.24. The van der Waals surface area contributed by atoms with Gasteiger partial charge in [-0.3, -0.25) is 0 Å². The third-order valence-electron chi connectivity index (χ3n) is 3.24. The molecule has 0 spiro atoms. The van der Waals surface area contributed by atoms with Crippen LogP contribution in [-0.2, 0) is 0 Å². The second-order valence-corrected chi connectivity index (χ2v) is 4.61. The van der Waals surface area contributed by atoms with Gasteiger partial charge in [0, 0.05) is 26.2 Å². The van der Waals surface area contributed by atoms with Gasteiger partial charge in [0.25, 0.3) is 0 Å². The largest absolute Gasteiger partial charge is 0.368 e. The van der Waals surface area contributed by atoms with Gasteiger partial charge >= 0.3 is 0 Å². The molecular weight excluding hydrogens is 234 g/mol. The smallest absolute Gasteiger partial charge is 0.0992 e. The maximum absolute atomic E-state index is 8.80. The monoisotopic (exact) mass is 249 g/mol. The number of likely N-dealkylation sites (N-methyl/N-ethyl adjacent to an activating group) is 1. The van der Waals surface area contributed by atoms with Gasteiger partial charge in [-0.05, 0) is 24.7 Å². The Labute approximate surface area is 107 Å². The second kappa shape index (κ2) is 5.39. The van der Waals surface area contributed by atoms with E-state index in [4.69, 9.17) is 16.9 Å². The Balaban J connectivity index is 2.11. The van der Waals surface area contributed by atoms with Crippen LogP contribution in [-0.4, -0.2) is 37.6 Å². The van der Waals surface area contributed by atoms with E-state index in [0.717, 1.165) is 38.4 Å². The van der Waals surface area contributed by atoms with Gasteiger partial charge < -0.3 is 9.80 Å². The van der Waals surface area contributed by atoms with Crippen molar-refractivity contribution in [2.45, 2.75) is 6.92 Å². The maximum Gasteiger partial charge on any atom is 0.0992 e. The lowest BCUT2D eigenvalue weighted by atomic mass is 10.2. The van der Waals surface area contributed by atoms with E-state index < -0.39 is 0 Å². The first-order valence-electron chi connectivity index (χ1n) is 5.91. The molecule has 0 aliphatic carbocycles. The Bertz CT molecular complexity index is 431. The number of anilines is 1. The molecule has 1 aromatic rings. The van der Waals surface area contributed by atoms with Crippen molar-refractivity contribution < 1.29 is 0 Å². The molecular formula is C13H16ClN3. The lowest BCUT2D eigenvalue weighted by Gasteiger charge is -2.35. The minimum absolute atomic E-state index is 0.617. The van der Waals surface area contributed by atoms with E-state index in [-0.39, 0.29) is 0 Å². The van der Waals surface area contributed by atoms with Crippen LogP contribution in [0.2, 0.25) is 5.02 Å². The number of rotatable bonds is 2. The molecule has 1 aliphatic heterocycles. The molecule has 0 radical (unpaired) electrons. The SMILES string of the molecule is CCN1CCN(c2ccc(C#N)cc2Cl)CC1. The Kier molecular flexibility index (Phi) is 3.88. The van der Waals surface area contributed by atoms with Gasteiger partial charge in [-0.25, -0.2) is 0 Å². The van der Waals surface area contributed by atoms with E-state index >= 15 is 0 Å². The minimum Gasteiger partial charge on any atom is -0.368 e. The van der Waals surface area contributed by atoms with Crippen LogP contribution in [0.5, 0.6) is 0 Å². The fourth-order valence-electron chi connectivity index (χ4n) is 2.14. The summed E-state index contributed by atoms with van der Waals surface area (Å²) >= 11 is 6.21. The molecule has 3 nitrogen and oxygen atoms in total. The average molecular weight is 250 g/mol. The Morgan fingerprint density at radius 2 is 2.00 bits per heavy atom. The molecule has 2 rings (SSSR count). The van der Waals surface area contributed by atoms with E-state index in [2.05, 4.69) is 22.8 Å². The highest BCUT2D eigenvalue weighted by atomic mass is 35.5. The summed E-state index contributed by atoms with van der Waals surface area (Å²) < 4.78 is 0. The number of hydrogen-bond acceptors (Lipinski definition) is 3. The zero-order valence-corrected chi connectivity index (χ0v) is 10.7. The number of halogens is 1. The fraction of sp³-hybridized carbons (Fsp3) is 0.462. The van der Waals surface area contributed by atoms with Gasteiger partial charge in [0.15, 0.2) is 0 Å². The highest BCUT2D eigenvalue weighted by molar-refractivity contribution is 6.33.